The smallest absolute Gasteiger partial charge is 0.251 e. The number of rotatable bonds is 7. The van der Waals surface area contributed by atoms with Gasteiger partial charge in [-0.05, 0) is 31.5 Å². The van der Waals surface area contributed by atoms with Gasteiger partial charge in [0.15, 0.2) is 11.5 Å². The third kappa shape index (κ3) is 4.44. The Kier molecular flexibility index (Phi) is 6.15. The maximum absolute atomic E-state index is 11.9. The molecule has 0 spiro atoms. The molecule has 0 bridgehead atoms. The average Bonchev–Trinajstić information content (AvgIpc) is 2.44. The first-order valence-corrected chi connectivity index (χ1v) is 6.39. The summed E-state index contributed by atoms with van der Waals surface area (Å²) in [4.78, 5) is 11.9. The molecule has 0 fully saturated rings. The fourth-order valence-corrected chi connectivity index (χ4v) is 1.54. The molecule has 1 aromatic rings. The van der Waals surface area contributed by atoms with E-state index >= 15 is 0 Å². The van der Waals surface area contributed by atoms with Gasteiger partial charge in [0.1, 0.15) is 0 Å². The van der Waals surface area contributed by atoms with E-state index in [9.17, 15) is 9.90 Å². The van der Waals surface area contributed by atoms with E-state index in [1.165, 1.54) is 7.11 Å². The molecule has 0 heterocycles. The molecule has 5 heteroatoms. The Morgan fingerprint density at radius 2 is 2.11 bits per heavy atom. The summed E-state index contributed by atoms with van der Waals surface area (Å²) in [6.07, 6.45) is 0.0842. The van der Waals surface area contributed by atoms with E-state index in [1.807, 2.05) is 13.8 Å². The Labute approximate surface area is 113 Å². The van der Waals surface area contributed by atoms with E-state index in [4.69, 9.17) is 9.47 Å². The summed E-state index contributed by atoms with van der Waals surface area (Å²) in [6, 6.07) is 4.99. The van der Waals surface area contributed by atoms with Crippen molar-refractivity contribution >= 4 is 5.91 Å². The molecule has 0 radical (unpaired) electrons. The Morgan fingerprint density at radius 3 is 2.68 bits per heavy atom. The fraction of sp³-hybridized carbons (Fsp3) is 0.500. The van der Waals surface area contributed by atoms with Crippen molar-refractivity contribution in [3.63, 3.8) is 0 Å². The highest BCUT2D eigenvalue weighted by Crippen LogP contribution is 2.27. The van der Waals surface area contributed by atoms with Crippen LogP contribution in [-0.4, -0.2) is 37.4 Å². The van der Waals surface area contributed by atoms with Crippen LogP contribution in [0.4, 0.5) is 0 Å². The zero-order chi connectivity index (χ0) is 14.3. The molecule has 0 aliphatic carbocycles. The highest BCUT2D eigenvalue weighted by Gasteiger charge is 2.11. The second-order valence-corrected chi connectivity index (χ2v) is 4.07. The largest absolute Gasteiger partial charge is 0.493 e. The molecule has 19 heavy (non-hydrogen) atoms. The van der Waals surface area contributed by atoms with Gasteiger partial charge in [0.05, 0.1) is 19.8 Å². The van der Waals surface area contributed by atoms with E-state index < -0.39 is 6.10 Å². The Balaban J connectivity index is 2.75. The third-order valence-corrected chi connectivity index (χ3v) is 2.70. The molecule has 1 aromatic carbocycles. The van der Waals surface area contributed by atoms with Crippen molar-refractivity contribution in [2.75, 3.05) is 20.3 Å². The molecule has 1 amide bonds. The molecule has 2 N–H and O–H groups in total. The van der Waals surface area contributed by atoms with E-state index in [0.29, 0.717) is 30.1 Å². The number of ether oxygens (including phenoxy) is 2. The normalized spacial score (nSPS) is 11.8. The predicted molar refractivity (Wildman–Crippen MR) is 72.8 cm³/mol. The van der Waals surface area contributed by atoms with Crippen LogP contribution < -0.4 is 14.8 Å². The minimum absolute atomic E-state index is 0.241. The number of aliphatic hydroxyl groups excluding tert-OH is 1. The second-order valence-electron chi connectivity index (χ2n) is 4.07. The highest BCUT2D eigenvalue weighted by molar-refractivity contribution is 5.94. The molecule has 1 atom stereocenters. The third-order valence-electron chi connectivity index (χ3n) is 2.70. The van der Waals surface area contributed by atoms with Crippen LogP contribution in [0.1, 0.15) is 30.6 Å². The summed E-state index contributed by atoms with van der Waals surface area (Å²) in [6.45, 7) is 4.51. The average molecular weight is 267 g/mol. The van der Waals surface area contributed by atoms with Crippen molar-refractivity contribution in [3.05, 3.63) is 23.8 Å². The molecule has 0 aliphatic rings. The van der Waals surface area contributed by atoms with Crippen molar-refractivity contribution in [3.8, 4) is 11.5 Å². The van der Waals surface area contributed by atoms with Crippen LogP contribution in [0.2, 0.25) is 0 Å². The lowest BCUT2D eigenvalue weighted by molar-refractivity contribution is 0.0913. The lowest BCUT2D eigenvalue weighted by Crippen LogP contribution is -2.31. The molecule has 0 saturated heterocycles. The van der Waals surface area contributed by atoms with Gasteiger partial charge in [0.25, 0.3) is 5.91 Å². The number of hydrogen-bond donors (Lipinski definition) is 2. The van der Waals surface area contributed by atoms with E-state index in [-0.39, 0.29) is 12.5 Å². The minimum Gasteiger partial charge on any atom is -0.493 e. The minimum atomic E-state index is -0.520. The number of amides is 1. The van der Waals surface area contributed by atoms with Crippen LogP contribution in [-0.2, 0) is 0 Å². The summed E-state index contributed by atoms with van der Waals surface area (Å²) < 4.78 is 10.6. The van der Waals surface area contributed by atoms with Crippen molar-refractivity contribution in [2.24, 2.45) is 0 Å². The molecular formula is C14H21NO4. The number of aliphatic hydroxyl groups is 1. The Morgan fingerprint density at radius 1 is 1.37 bits per heavy atom. The number of nitrogens with one attached hydrogen (secondary N) is 1. The van der Waals surface area contributed by atoms with Crippen LogP contribution in [0.5, 0.6) is 11.5 Å². The number of methoxy groups -OCH3 is 1. The number of carbonyl (C=O) groups excluding carboxylic acids is 1. The first-order valence-electron chi connectivity index (χ1n) is 6.39. The van der Waals surface area contributed by atoms with E-state index in [1.54, 1.807) is 18.2 Å². The number of hydrogen-bond acceptors (Lipinski definition) is 4. The molecule has 0 aromatic heterocycles. The van der Waals surface area contributed by atoms with Gasteiger partial charge in [-0.25, -0.2) is 0 Å². The predicted octanol–water partition coefficient (Wildman–Crippen LogP) is 1.59. The summed E-state index contributed by atoms with van der Waals surface area (Å²) in [5.41, 5.74) is 0.476. The zero-order valence-electron chi connectivity index (χ0n) is 11.6. The van der Waals surface area contributed by atoms with Crippen LogP contribution in [0.3, 0.4) is 0 Å². The van der Waals surface area contributed by atoms with E-state index in [0.717, 1.165) is 0 Å². The molecular weight excluding hydrogens is 246 g/mol. The van der Waals surface area contributed by atoms with Crippen molar-refractivity contribution < 1.29 is 19.4 Å². The summed E-state index contributed by atoms with van der Waals surface area (Å²) in [5, 5.41) is 12.1. The van der Waals surface area contributed by atoms with Crippen LogP contribution in [0.25, 0.3) is 0 Å². The standard InChI is InChI=1S/C14H21NO4/c1-4-11(16)9-15-14(17)10-6-7-12(19-5-2)13(8-10)18-3/h6-8,11,16H,4-5,9H2,1-3H3,(H,15,17). The number of benzene rings is 1. The molecule has 106 valence electrons. The maximum Gasteiger partial charge on any atom is 0.251 e. The molecule has 1 rings (SSSR count). The van der Waals surface area contributed by atoms with Crippen LogP contribution in [0.15, 0.2) is 18.2 Å². The van der Waals surface area contributed by atoms with Gasteiger partial charge in [0, 0.05) is 12.1 Å². The maximum atomic E-state index is 11.9. The van der Waals surface area contributed by atoms with Gasteiger partial charge in [-0.15, -0.1) is 0 Å². The molecule has 0 aliphatic heterocycles. The van der Waals surface area contributed by atoms with Crippen LogP contribution >= 0.6 is 0 Å². The molecule has 0 saturated carbocycles. The zero-order valence-corrected chi connectivity index (χ0v) is 11.6. The van der Waals surface area contributed by atoms with Gasteiger partial charge in [-0.2, -0.15) is 0 Å². The second kappa shape index (κ2) is 7.63. The van der Waals surface area contributed by atoms with E-state index in [2.05, 4.69) is 5.32 Å². The SMILES string of the molecule is CCOc1ccc(C(=O)NCC(O)CC)cc1OC. The quantitative estimate of drug-likeness (QED) is 0.787. The highest BCUT2D eigenvalue weighted by atomic mass is 16.5. The Hall–Kier alpha value is -1.75. The lowest BCUT2D eigenvalue weighted by atomic mass is 10.2. The summed E-state index contributed by atoms with van der Waals surface area (Å²) in [5.74, 6) is 0.884. The van der Waals surface area contributed by atoms with Crippen molar-refractivity contribution in [1.29, 1.82) is 0 Å². The molecule has 5 nitrogen and oxygen atoms in total. The summed E-state index contributed by atoms with van der Waals surface area (Å²) >= 11 is 0. The van der Waals surface area contributed by atoms with Crippen molar-refractivity contribution in [1.82, 2.24) is 5.32 Å². The van der Waals surface area contributed by atoms with Gasteiger partial charge in [-0.1, -0.05) is 6.92 Å². The fourth-order valence-electron chi connectivity index (χ4n) is 1.54. The number of carbonyl (C=O) groups is 1. The van der Waals surface area contributed by atoms with Gasteiger partial charge in [0.2, 0.25) is 0 Å². The topological polar surface area (TPSA) is 67.8 Å². The van der Waals surface area contributed by atoms with Crippen molar-refractivity contribution in [2.45, 2.75) is 26.4 Å². The van der Waals surface area contributed by atoms with Gasteiger partial charge < -0.3 is 19.9 Å². The van der Waals surface area contributed by atoms with Gasteiger partial charge in [-0.3, -0.25) is 4.79 Å². The Bertz CT molecular complexity index is 420. The molecule has 1 unspecified atom stereocenters. The first kappa shape index (κ1) is 15.3. The monoisotopic (exact) mass is 267 g/mol. The summed E-state index contributed by atoms with van der Waals surface area (Å²) in [7, 11) is 1.53. The van der Waals surface area contributed by atoms with Crippen LogP contribution in [0, 0.1) is 0 Å². The first-order chi connectivity index (χ1) is 9.12. The lowest BCUT2D eigenvalue weighted by Gasteiger charge is -2.12. The van der Waals surface area contributed by atoms with Gasteiger partial charge >= 0.3 is 0 Å².